The van der Waals surface area contributed by atoms with E-state index in [1.807, 2.05) is 17.0 Å². The minimum Gasteiger partial charge on any atom is -0.465 e. The molecular weight excluding hydrogens is 434 g/mol. The van der Waals surface area contributed by atoms with Crippen LogP contribution in [0.5, 0.6) is 0 Å². The molecule has 0 unspecified atom stereocenters. The Morgan fingerprint density at radius 2 is 1.81 bits per heavy atom. The number of ether oxygens (including phenoxy) is 1. The lowest BCUT2D eigenvalue weighted by Crippen LogP contribution is -2.67. The summed E-state index contributed by atoms with van der Waals surface area (Å²) in [6.07, 6.45) is 1.89. The van der Waals surface area contributed by atoms with Gasteiger partial charge in [0, 0.05) is 19.0 Å². The van der Waals surface area contributed by atoms with Gasteiger partial charge in [0.25, 0.3) is 0 Å². The minimum absolute atomic E-state index is 0.133. The van der Waals surface area contributed by atoms with Crippen molar-refractivity contribution in [1.29, 1.82) is 5.26 Å². The van der Waals surface area contributed by atoms with E-state index in [1.54, 1.807) is 24.3 Å². The molecule has 4 aliphatic rings. The Morgan fingerprint density at radius 1 is 1.16 bits per heavy atom. The number of carboxylic acid groups (broad SMARTS) is 1. The van der Waals surface area contributed by atoms with Crippen LogP contribution in [0.2, 0.25) is 0 Å². The third-order valence-corrected chi connectivity index (χ3v) is 8.97. The lowest BCUT2D eigenvalue weighted by atomic mass is 9.77. The van der Waals surface area contributed by atoms with Crippen molar-refractivity contribution in [3.8, 4) is 6.07 Å². The molecule has 172 valence electrons. The van der Waals surface area contributed by atoms with Crippen molar-refractivity contribution in [3.05, 3.63) is 30.3 Å². The zero-order valence-electron chi connectivity index (χ0n) is 17.7. The summed E-state index contributed by atoms with van der Waals surface area (Å²) < 4.78 is 30.6. The summed E-state index contributed by atoms with van der Waals surface area (Å²) in [5, 5.41) is 18.2. The number of carbonyl (C=O) groups is 2. The molecule has 0 bridgehead atoms. The smallest absolute Gasteiger partial charge is 0.405 e. The first-order chi connectivity index (χ1) is 15.2. The molecule has 4 fully saturated rings. The minimum atomic E-state index is -3.33. The predicted octanol–water partition coefficient (Wildman–Crippen LogP) is 1.80. The largest absolute Gasteiger partial charge is 0.465 e. The Kier molecular flexibility index (Phi) is 5.90. The van der Waals surface area contributed by atoms with E-state index >= 15 is 0 Å². The first-order valence-corrected chi connectivity index (χ1v) is 12.3. The van der Waals surface area contributed by atoms with E-state index in [2.05, 4.69) is 5.32 Å². The predicted molar refractivity (Wildman–Crippen MR) is 113 cm³/mol. The number of nitriles is 1. The normalized spacial score (nSPS) is 26.5. The van der Waals surface area contributed by atoms with Crippen LogP contribution in [0.15, 0.2) is 35.2 Å². The van der Waals surface area contributed by atoms with Crippen LogP contribution in [0, 0.1) is 22.7 Å². The van der Waals surface area contributed by atoms with E-state index in [0.29, 0.717) is 37.0 Å². The SMILES string of the molecule is N#CC1(NC(=O)O)CC1.O=C([C@@H]1CC[C@@H](S(=O)(=O)c2ccccc2)C1)N1CC2(COC2)C1. The fourth-order valence-electron chi connectivity index (χ4n) is 4.59. The first kappa shape index (κ1) is 22.6. The van der Waals surface area contributed by atoms with Crippen LogP contribution < -0.4 is 5.32 Å². The molecule has 2 heterocycles. The summed E-state index contributed by atoms with van der Waals surface area (Å²) in [4.78, 5) is 24.8. The maximum Gasteiger partial charge on any atom is 0.405 e. The second-order valence-electron chi connectivity index (χ2n) is 9.30. The molecule has 2 N–H and O–H groups in total. The topological polar surface area (TPSA) is 137 Å². The number of nitrogens with zero attached hydrogens (tertiary/aromatic N) is 2. The third kappa shape index (κ3) is 4.45. The molecule has 0 aromatic heterocycles. The monoisotopic (exact) mass is 461 g/mol. The van der Waals surface area contributed by atoms with E-state index in [-0.39, 0.29) is 17.2 Å². The summed E-state index contributed by atoms with van der Waals surface area (Å²) in [7, 11) is -3.33. The van der Waals surface area contributed by atoms with Crippen LogP contribution in [-0.4, -0.2) is 67.5 Å². The van der Waals surface area contributed by atoms with E-state index in [0.717, 1.165) is 26.3 Å². The summed E-state index contributed by atoms with van der Waals surface area (Å²) in [5.74, 6) is -0.00915. The summed E-state index contributed by atoms with van der Waals surface area (Å²) >= 11 is 0. The van der Waals surface area contributed by atoms with E-state index in [4.69, 9.17) is 15.1 Å². The van der Waals surface area contributed by atoms with Crippen LogP contribution in [0.25, 0.3) is 0 Å². The molecule has 0 radical (unpaired) electrons. The standard InChI is InChI=1S/C17H21NO4S.C5H6N2O2/c19-16(18-9-17(10-18)11-22-12-17)13-6-7-15(8-13)23(20,21)14-4-2-1-3-5-14;6-3-5(1-2-5)7-4(8)9/h1-5,13,15H,6-12H2;7H,1-2H2,(H,8,9)/t13-,15-;/m1./s1. The second-order valence-corrected chi connectivity index (χ2v) is 11.5. The average Bonchev–Trinajstić information content (AvgIpc) is 3.28. The fraction of sp³-hybridized carbons (Fsp3) is 0.591. The number of benzene rings is 1. The highest BCUT2D eigenvalue weighted by Crippen LogP contribution is 2.41. The Labute approximate surface area is 187 Å². The number of carbonyl (C=O) groups excluding carboxylic acids is 1. The highest BCUT2D eigenvalue weighted by molar-refractivity contribution is 7.92. The first-order valence-electron chi connectivity index (χ1n) is 10.8. The molecule has 2 saturated heterocycles. The molecule has 5 rings (SSSR count). The van der Waals surface area contributed by atoms with Gasteiger partial charge in [0.1, 0.15) is 5.54 Å². The molecule has 1 aromatic rings. The fourth-order valence-corrected chi connectivity index (χ4v) is 6.45. The molecule has 2 saturated carbocycles. The molecule has 1 aromatic carbocycles. The zero-order valence-corrected chi connectivity index (χ0v) is 18.5. The van der Waals surface area contributed by atoms with Gasteiger partial charge in [-0.2, -0.15) is 5.26 Å². The van der Waals surface area contributed by atoms with Crippen molar-refractivity contribution >= 4 is 21.8 Å². The van der Waals surface area contributed by atoms with E-state index in [9.17, 15) is 18.0 Å². The van der Waals surface area contributed by atoms with Crippen molar-refractivity contribution < 1.29 is 27.9 Å². The Hall–Kier alpha value is -2.64. The lowest BCUT2D eigenvalue weighted by molar-refractivity contribution is -0.197. The summed E-state index contributed by atoms with van der Waals surface area (Å²) in [6, 6.07) is 10.5. The molecule has 32 heavy (non-hydrogen) atoms. The molecule has 2 amide bonds. The van der Waals surface area contributed by atoms with Crippen molar-refractivity contribution in [2.75, 3.05) is 26.3 Å². The lowest BCUT2D eigenvalue weighted by Gasteiger charge is -2.55. The van der Waals surface area contributed by atoms with Crippen LogP contribution in [0.1, 0.15) is 32.1 Å². The third-order valence-electron chi connectivity index (χ3n) is 6.74. The van der Waals surface area contributed by atoms with Gasteiger partial charge < -0.3 is 20.1 Å². The molecule has 2 aliphatic carbocycles. The quantitative estimate of drug-likeness (QED) is 0.697. The van der Waals surface area contributed by atoms with Crippen LogP contribution in [-0.2, 0) is 19.4 Å². The number of sulfone groups is 1. The molecule has 10 heteroatoms. The van der Waals surface area contributed by atoms with Gasteiger partial charge in [0.15, 0.2) is 9.84 Å². The van der Waals surface area contributed by atoms with Gasteiger partial charge >= 0.3 is 6.09 Å². The van der Waals surface area contributed by atoms with Gasteiger partial charge in [0.2, 0.25) is 5.91 Å². The Bertz CT molecular complexity index is 1020. The van der Waals surface area contributed by atoms with Crippen molar-refractivity contribution in [2.45, 2.75) is 47.8 Å². The van der Waals surface area contributed by atoms with Gasteiger partial charge in [-0.25, -0.2) is 13.2 Å². The van der Waals surface area contributed by atoms with Gasteiger partial charge in [0.05, 0.1) is 34.8 Å². The van der Waals surface area contributed by atoms with Gasteiger partial charge in [-0.1, -0.05) is 18.2 Å². The highest BCUT2D eigenvalue weighted by atomic mass is 32.2. The number of rotatable bonds is 4. The van der Waals surface area contributed by atoms with Gasteiger partial charge in [-0.05, 0) is 44.2 Å². The Balaban J connectivity index is 0.000000230. The number of hydrogen-bond donors (Lipinski definition) is 2. The highest BCUT2D eigenvalue weighted by Gasteiger charge is 2.52. The van der Waals surface area contributed by atoms with Crippen LogP contribution in [0.3, 0.4) is 0 Å². The molecule has 2 aliphatic heterocycles. The van der Waals surface area contributed by atoms with Crippen LogP contribution in [0.4, 0.5) is 4.79 Å². The number of amides is 2. The molecular formula is C22H27N3O6S. The maximum atomic E-state index is 12.7. The van der Waals surface area contributed by atoms with Crippen molar-refractivity contribution in [2.24, 2.45) is 11.3 Å². The molecule has 2 atom stereocenters. The van der Waals surface area contributed by atoms with E-state index < -0.39 is 26.7 Å². The van der Waals surface area contributed by atoms with Crippen molar-refractivity contribution in [1.82, 2.24) is 10.2 Å². The molecule has 1 spiro atoms. The van der Waals surface area contributed by atoms with Crippen LogP contribution >= 0.6 is 0 Å². The van der Waals surface area contributed by atoms with Gasteiger partial charge in [-0.15, -0.1) is 0 Å². The summed E-state index contributed by atoms with van der Waals surface area (Å²) in [6.45, 7) is 3.07. The van der Waals surface area contributed by atoms with Gasteiger partial charge in [-0.3, -0.25) is 4.79 Å². The number of nitrogens with one attached hydrogen (secondary N) is 1. The average molecular weight is 462 g/mol. The van der Waals surface area contributed by atoms with Crippen molar-refractivity contribution in [3.63, 3.8) is 0 Å². The maximum absolute atomic E-state index is 12.7. The number of likely N-dealkylation sites (tertiary alicyclic amines) is 1. The van der Waals surface area contributed by atoms with E-state index in [1.165, 1.54) is 0 Å². The summed E-state index contributed by atoms with van der Waals surface area (Å²) in [5.41, 5.74) is -0.518. The zero-order chi connectivity index (χ0) is 23.0. The number of hydrogen-bond acceptors (Lipinski definition) is 6. The Morgan fingerprint density at radius 3 is 2.28 bits per heavy atom. The molecule has 9 nitrogen and oxygen atoms in total. The second kappa shape index (κ2) is 8.37.